The number of methoxy groups -OCH3 is 1. The van der Waals surface area contributed by atoms with Gasteiger partial charge in [0.25, 0.3) is 0 Å². The van der Waals surface area contributed by atoms with E-state index < -0.39 is 60.9 Å². The summed E-state index contributed by atoms with van der Waals surface area (Å²) in [5, 5.41) is 71.5. The molecule has 3 aliphatic rings. The van der Waals surface area contributed by atoms with Crippen molar-refractivity contribution >= 4 is 11.7 Å². The third-order valence-corrected chi connectivity index (χ3v) is 5.86. The van der Waals surface area contributed by atoms with E-state index in [4.69, 9.17) is 23.7 Å². The van der Waals surface area contributed by atoms with Gasteiger partial charge in [-0.15, -0.1) is 0 Å². The number of phenolic OH excluding ortho intramolecular Hbond substituents is 2. The number of aromatic hydroxyl groups is 2. The number of hydrogen-bond acceptors (Lipinski definition) is 13. The average Bonchev–Trinajstić information content (AvgIpc) is 2.85. The van der Waals surface area contributed by atoms with Gasteiger partial charge in [-0.3, -0.25) is 4.79 Å². The molecule has 1 aliphatic carbocycles. The van der Waals surface area contributed by atoms with Crippen LogP contribution in [0.4, 0.5) is 0 Å². The van der Waals surface area contributed by atoms with Crippen LogP contribution in [0.2, 0.25) is 0 Å². The first-order valence-corrected chi connectivity index (χ1v) is 11.0. The van der Waals surface area contributed by atoms with Gasteiger partial charge < -0.3 is 59.4 Å². The van der Waals surface area contributed by atoms with Gasteiger partial charge in [0.1, 0.15) is 48.6 Å². The van der Waals surface area contributed by atoms with Gasteiger partial charge >= 0.3 is 5.97 Å². The van der Waals surface area contributed by atoms with Crippen LogP contribution in [0, 0.1) is 0 Å². The summed E-state index contributed by atoms with van der Waals surface area (Å²) in [5.74, 6) is -2.73. The number of allylic oxidation sites excluding steroid dienone is 2. The van der Waals surface area contributed by atoms with E-state index in [1.807, 2.05) is 0 Å². The topological polar surface area (TPSA) is 205 Å². The Bertz CT molecular complexity index is 1200. The SMILES string of the molecule is COc1cc(C2=C(OC3OC(COC(C)=O)C(O)C(O)C3O)C=C3C(O)=CC(O)=CC3O2)cc(O)c1O. The second kappa shape index (κ2) is 10.2. The fourth-order valence-electron chi connectivity index (χ4n) is 3.96. The van der Waals surface area contributed by atoms with Crippen molar-refractivity contribution in [2.24, 2.45) is 0 Å². The van der Waals surface area contributed by atoms with E-state index in [2.05, 4.69) is 0 Å². The number of phenols is 2. The van der Waals surface area contributed by atoms with Gasteiger partial charge in [-0.1, -0.05) is 0 Å². The molecular weight excluding hydrogens is 496 g/mol. The summed E-state index contributed by atoms with van der Waals surface area (Å²) in [6, 6.07) is 2.45. The van der Waals surface area contributed by atoms with Gasteiger partial charge in [-0.2, -0.15) is 0 Å². The van der Waals surface area contributed by atoms with Crippen LogP contribution in [-0.4, -0.2) is 92.2 Å². The van der Waals surface area contributed by atoms with Crippen molar-refractivity contribution < 1.29 is 64.2 Å². The van der Waals surface area contributed by atoms with Gasteiger partial charge in [-0.05, 0) is 18.2 Å². The maximum atomic E-state index is 11.2. The highest BCUT2D eigenvalue weighted by molar-refractivity contribution is 5.72. The molecule has 2 aliphatic heterocycles. The van der Waals surface area contributed by atoms with Gasteiger partial charge in [0.05, 0.1) is 7.11 Å². The highest BCUT2D eigenvalue weighted by Crippen LogP contribution is 2.43. The van der Waals surface area contributed by atoms with Crippen molar-refractivity contribution in [3.05, 3.63) is 58.8 Å². The monoisotopic (exact) mass is 522 g/mol. The number of fused-ring (bicyclic) bond motifs is 1. The minimum atomic E-state index is -1.77. The van der Waals surface area contributed by atoms with Crippen LogP contribution in [-0.2, 0) is 23.7 Å². The Morgan fingerprint density at radius 3 is 2.43 bits per heavy atom. The van der Waals surface area contributed by atoms with E-state index in [0.717, 1.165) is 19.1 Å². The lowest BCUT2D eigenvalue weighted by molar-refractivity contribution is -0.291. The third kappa shape index (κ3) is 5.15. The first kappa shape index (κ1) is 26.2. The number of esters is 1. The summed E-state index contributed by atoms with van der Waals surface area (Å²) < 4.78 is 27.3. The third-order valence-electron chi connectivity index (χ3n) is 5.86. The van der Waals surface area contributed by atoms with Crippen LogP contribution in [0.15, 0.2) is 53.2 Å². The van der Waals surface area contributed by atoms with Crippen molar-refractivity contribution in [1.29, 1.82) is 0 Å². The summed E-state index contributed by atoms with van der Waals surface area (Å²) in [5.41, 5.74) is 0.288. The predicted molar refractivity (Wildman–Crippen MR) is 122 cm³/mol. The highest BCUT2D eigenvalue weighted by Gasteiger charge is 2.46. The average molecular weight is 522 g/mol. The van der Waals surface area contributed by atoms with E-state index in [9.17, 15) is 40.5 Å². The molecule has 6 atom stereocenters. The molecule has 37 heavy (non-hydrogen) atoms. The van der Waals surface area contributed by atoms with Crippen molar-refractivity contribution in [2.45, 2.75) is 43.7 Å². The lowest BCUT2D eigenvalue weighted by Crippen LogP contribution is -2.59. The Kier molecular flexibility index (Phi) is 7.23. The zero-order valence-corrected chi connectivity index (χ0v) is 19.6. The van der Waals surface area contributed by atoms with Crippen LogP contribution >= 0.6 is 0 Å². The Morgan fingerprint density at radius 1 is 1.03 bits per heavy atom. The molecule has 0 bridgehead atoms. The molecule has 13 nitrogen and oxygen atoms in total. The first-order chi connectivity index (χ1) is 17.5. The number of carbonyl (C=O) groups is 1. The molecule has 1 saturated heterocycles. The van der Waals surface area contributed by atoms with Crippen LogP contribution in [0.1, 0.15) is 12.5 Å². The quantitative estimate of drug-likeness (QED) is 0.200. The number of aliphatic hydroxyl groups is 5. The number of ether oxygens (including phenoxy) is 5. The molecule has 1 fully saturated rings. The van der Waals surface area contributed by atoms with E-state index >= 15 is 0 Å². The fourth-order valence-corrected chi connectivity index (χ4v) is 3.96. The van der Waals surface area contributed by atoms with Crippen molar-refractivity contribution in [3.63, 3.8) is 0 Å². The lowest BCUT2D eigenvalue weighted by Gasteiger charge is -2.40. The van der Waals surface area contributed by atoms with Gasteiger partial charge in [0.2, 0.25) is 12.0 Å². The minimum Gasteiger partial charge on any atom is -0.508 e. The number of rotatable bonds is 6. The smallest absolute Gasteiger partial charge is 0.302 e. The minimum absolute atomic E-state index is 0.0888. The van der Waals surface area contributed by atoms with E-state index in [-0.39, 0.29) is 39.9 Å². The summed E-state index contributed by atoms with van der Waals surface area (Å²) in [6.45, 7) is 0.702. The molecule has 0 saturated carbocycles. The number of aliphatic hydroxyl groups excluding tert-OH is 5. The molecule has 200 valence electrons. The van der Waals surface area contributed by atoms with Crippen molar-refractivity contribution in [2.75, 3.05) is 13.7 Å². The Balaban J connectivity index is 1.76. The number of benzene rings is 1. The van der Waals surface area contributed by atoms with E-state index in [1.165, 1.54) is 25.3 Å². The molecule has 7 N–H and O–H groups in total. The van der Waals surface area contributed by atoms with Crippen molar-refractivity contribution in [1.82, 2.24) is 0 Å². The molecule has 0 spiro atoms. The first-order valence-electron chi connectivity index (χ1n) is 11.0. The van der Waals surface area contributed by atoms with Crippen LogP contribution in [0.25, 0.3) is 5.76 Å². The predicted octanol–water partition coefficient (Wildman–Crippen LogP) is 0.385. The fraction of sp³-hybridized carbons (Fsp3) is 0.375. The maximum Gasteiger partial charge on any atom is 0.302 e. The molecule has 6 unspecified atom stereocenters. The largest absolute Gasteiger partial charge is 0.508 e. The molecule has 4 rings (SSSR count). The lowest BCUT2D eigenvalue weighted by atomic mass is 9.96. The molecular formula is C24H26O13. The van der Waals surface area contributed by atoms with Crippen molar-refractivity contribution in [3.8, 4) is 17.2 Å². The Hall–Kier alpha value is -3.91. The zero-order chi connectivity index (χ0) is 27.0. The zero-order valence-electron chi connectivity index (χ0n) is 19.6. The second-order valence-corrected chi connectivity index (χ2v) is 8.43. The van der Waals surface area contributed by atoms with Crippen LogP contribution < -0.4 is 4.74 Å². The van der Waals surface area contributed by atoms with Gasteiger partial charge in [0, 0.05) is 30.2 Å². The molecule has 2 heterocycles. The van der Waals surface area contributed by atoms with Crippen LogP contribution in [0.3, 0.4) is 0 Å². The summed E-state index contributed by atoms with van der Waals surface area (Å²) >= 11 is 0. The summed E-state index contributed by atoms with van der Waals surface area (Å²) in [7, 11) is 1.26. The number of hydrogen-bond donors (Lipinski definition) is 7. The summed E-state index contributed by atoms with van der Waals surface area (Å²) in [6.07, 6.45) is -5.30. The van der Waals surface area contributed by atoms with E-state index in [0.29, 0.717) is 0 Å². The normalized spacial score (nSPS) is 29.3. The van der Waals surface area contributed by atoms with Gasteiger partial charge in [0.15, 0.2) is 23.0 Å². The Morgan fingerprint density at radius 2 is 1.76 bits per heavy atom. The molecule has 13 heteroatoms. The van der Waals surface area contributed by atoms with Gasteiger partial charge in [-0.25, -0.2) is 0 Å². The van der Waals surface area contributed by atoms with E-state index in [1.54, 1.807) is 0 Å². The van der Waals surface area contributed by atoms with Crippen LogP contribution in [0.5, 0.6) is 17.2 Å². The Labute approximate surface area is 210 Å². The molecule has 1 aromatic carbocycles. The molecule has 0 radical (unpaired) electrons. The maximum absolute atomic E-state index is 11.2. The molecule has 0 amide bonds. The number of carbonyl (C=O) groups excluding carboxylic acids is 1. The molecule has 1 aromatic rings. The highest BCUT2D eigenvalue weighted by atomic mass is 16.7. The summed E-state index contributed by atoms with van der Waals surface area (Å²) in [4.78, 5) is 11.2. The standard InChI is InChI=1S/C24H26O13/c1-9(25)34-8-18-20(30)21(31)22(32)24(37-18)36-17-7-12-13(27)5-11(26)6-15(12)35-23(17)10-3-14(28)19(29)16(4-10)33-2/h3-7,15,18,20-22,24,26-32H,8H2,1-2H3. The second-order valence-electron chi connectivity index (χ2n) is 8.43. The molecule has 0 aromatic heterocycles.